The van der Waals surface area contributed by atoms with Crippen molar-refractivity contribution in [1.29, 1.82) is 0 Å². The molecule has 0 saturated carbocycles. The lowest BCUT2D eigenvalue weighted by atomic mass is 9.97. The summed E-state index contributed by atoms with van der Waals surface area (Å²) in [6.45, 7) is 8.47. The SMILES string of the molecule is CC(C)(C)OC(=O)NC(C)(C)C(=O)c1ccco1. The molecule has 0 fully saturated rings. The second kappa shape index (κ2) is 4.84. The first-order valence-electron chi connectivity index (χ1n) is 5.71. The molecule has 1 N–H and O–H groups in total. The second-order valence-electron chi connectivity index (χ2n) is 5.56. The standard InChI is InChI=1S/C13H19NO4/c1-12(2,3)18-11(16)14-13(4,5)10(15)9-7-6-8-17-9/h6-8H,1-5H3,(H,14,16). The average molecular weight is 253 g/mol. The van der Waals surface area contributed by atoms with E-state index < -0.39 is 17.2 Å². The highest BCUT2D eigenvalue weighted by Gasteiger charge is 2.33. The first-order chi connectivity index (χ1) is 8.12. The number of hydrogen-bond acceptors (Lipinski definition) is 4. The Balaban J connectivity index is 2.70. The molecule has 0 bridgehead atoms. The molecular weight excluding hydrogens is 234 g/mol. The molecule has 0 spiro atoms. The quantitative estimate of drug-likeness (QED) is 0.841. The number of rotatable bonds is 3. The molecule has 1 aromatic heterocycles. The van der Waals surface area contributed by atoms with Gasteiger partial charge in [0.2, 0.25) is 5.78 Å². The molecule has 0 aliphatic rings. The number of alkyl carbamates (subject to hydrolysis) is 1. The Morgan fingerprint density at radius 2 is 1.83 bits per heavy atom. The average Bonchev–Trinajstić information content (AvgIpc) is 2.64. The number of amides is 1. The normalized spacial score (nSPS) is 12.1. The zero-order valence-corrected chi connectivity index (χ0v) is 11.4. The zero-order valence-electron chi connectivity index (χ0n) is 11.4. The van der Waals surface area contributed by atoms with Crippen LogP contribution in [0.4, 0.5) is 4.79 Å². The number of hydrogen-bond donors (Lipinski definition) is 1. The molecule has 0 unspecified atom stereocenters. The highest BCUT2D eigenvalue weighted by molar-refractivity contribution is 6.02. The van der Waals surface area contributed by atoms with Gasteiger partial charge in [-0.05, 0) is 46.8 Å². The Hall–Kier alpha value is -1.78. The summed E-state index contributed by atoms with van der Waals surface area (Å²) >= 11 is 0. The van der Waals surface area contributed by atoms with Gasteiger partial charge in [0.15, 0.2) is 5.76 Å². The Morgan fingerprint density at radius 3 is 2.28 bits per heavy atom. The first kappa shape index (κ1) is 14.3. The molecule has 0 aliphatic carbocycles. The lowest BCUT2D eigenvalue weighted by Gasteiger charge is -2.26. The van der Waals surface area contributed by atoms with E-state index in [4.69, 9.17) is 9.15 Å². The van der Waals surface area contributed by atoms with Crippen molar-refractivity contribution in [3.8, 4) is 0 Å². The van der Waals surface area contributed by atoms with Gasteiger partial charge in [0.1, 0.15) is 11.1 Å². The fraction of sp³-hybridized carbons (Fsp3) is 0.538. The summed E-state index contributed by atoms with van der Waals surface area (Å²) in [5.74, 6) is -0.102. The van der Waals surface area contributed by atoms with Crippen LogP contribution >= 0.6 is 0 Å². The largest absolute Gasteiger partial charge is 0.461 e. The molecule has 5 nitrogen and oxygen atoms in total. The summed E-state index contributed by atoms with van der Waals surface area (Å²) in [4.78, 5) is 23.7. The van der Waals surface area contributed by atoms with E-state index in [-0.39, 0.29) is 11.5 Å². The molecule has 0 aliphatic heterocycles. The van der Waals surface area contributed by atoms with E-state index >= 15 is 0 Å². The summed E-state index contributed by atoms with van der Waals surface area (Å²) < 4.78 is 10.1. The molecule has 0 aromatic carbocycles. The van der Waals surface area contributed by atoms with Crippen molar-refractivity contribution in [2.45, 2.75) is 45.8 Å². The van der Waals surface area contributed by atoms with E-state index in [2.05, 4.69) is 5.32 Å². The van der Waals surface area contributed by atoms with Gasteiger partial charge in [-0.25, -0.2) is 4.79 Å². The van der Waals surface area contributed by atoms with Crippen LogP contribution in [-0.2, 0) is 4.74 Å². The van der Waals surface area contributed by atoms with E-state index in [1.54, 1.807) is 46.8 Å². The van der Waals surface area contributed by atoms with Crippen molar-refractivity contribution in [1.82, 2.24) is 5.32 Å². The van der Waals surface area contributed by atoms with Gasteiger partial charge in [0.05, 0.1) is 6.26 Å². The molecule has 1 aromatic rings. The van der Waals surface area contributed by atoms with E-state index in [0.29, 0.717) is 0 Å². The number of Topliss-reactive ketones (excluding diaryl/α,β-unsaturated/α-hetero) is 1. The van der Waals surface area contributed by atoms with Gasteiger partial charge >= 0.3 is 6.09 Å². The zero-order chi connectivity index (χ0) is 14.0. The maximum atomic E-state index is 12.1. The minimum absolute atomic E-state index is 0.205. The third kappa shape index (κ3) is 3.91. The van der Waals surface area contributed by atoms with Crippen molar-refractivity contribution in [2.24, 2.45) is 0 Å². The number of ketones is 1. The number of carbonyl (C=O) groups excluding carboxylic acids is 2. The maximum absolute atomic E-state index is 12.1. The fourth-order valence-corrected chi connectivity index (χ4v) is 1.33. The number of nitrogens with one attached hydrogen (secondary N) is 1. The lowest BCUT2D eigenvalue weighted by molar-refractivity contribution is 0.0450. The van der Waals surface area contributed by atoms with Crippen molar-refractivity contribution >= 4 is 11.9 Å². The molecule has 18 heavy (non-hydrogen) atoms. The van der Waals surface area contributed by atoms with Crippen molar-refractivity contribution in [2.75, 3.05) is 0 Å². The van der Waals surface area contributed by atoms with Gasteiger partial charge in [0.25, 0.3) is 0 Å². The predicted octanol–water partition coefficient (Wildman–Crippen LogP) is 2.77. The molecule has 0 radical (unpaired) electrons. The highest BCUT2D eigenvalue weighted by Crippen LogP contribution is 2.15. The van der Waals surface area contributed by atoms with E-state index in [1.807, 2.05) is 0 Å². The molecule has 5 heteroatoms. The smallest absolute Gasteiger partial charge is 0.408 e. The van der Waals surface area contributed by atoms with Crippen molar-refractivity contribution in [3.63, 3.8) is 0 Å². The molecular formula is C13H19NO4. The van der Waals surface area contributed by atoms with Crippen LogP contribution in [0, 0.1) is 0 Å². The van der Waals surface area contributed by atoms with Gasteiger partial charge in [-0.2, -0.15) is 0 Å². The number of furan rings is 1. The van der Waals surface area contributed by atoms with Crippen LogP contribution in [0.25, 0.3) is 0 Å². The summed E-state index contributed by atoms with van der Waals surface area (Å²) in [6.07, 6.45) is 0.781. The van der Waals surface area contributed by atoms with E-state index in [9.17, 15) is 9.59 Å². The molecule has 0 saturated heterocycles. The first-order valence-corrected chi connectivity index (χ1v) is 5.71. The second-order valence-corrected chi connectivity index (χ2v) is 5.56. The van der Waals surface area contributed by atoms with Crippen molar-refractivity contribution in [3.05, 3.63) is 24.2 Å². The van der Waals surface area contributed by atoms with Crippen LogP contribution in [0.1, 0.15) is 45.2 Å². The van der Waals surface area contributed by atoms with Crippen LogP contribution in [0.5, 0.6) is 0 Å². The summed E-state index contributed by atoms with van der Waals surface area (Å²) in [5.41, 5.74) is -1.69. The molecule has 1 rings (SSSR count). The Bertz CT molecular complexity index is 426. The fourth-order valence-electron chi connectivity index (χ4n) is 1.33. The van der Waals surface area contributed by atoms with Gasteiger partial charge in [-0.15, -0.1) is 0 Å². The van der Waals surface area contributed by atoms with E-state index in [0.717, 1.165) is 0 Å². The monoisotopic (exact) mass is 253 g/mol. The maximum Gasteiger partial charge on any atom is 0.408 e. The van der Waals surface area contributed by atoms with Crippen LogP contribution in [0.2, 0.25) is 0 Å². The minimum Gasteiger partial charge on any atom is -0.461 e. The third-order valence-electron chi connectivity index (χ3n) is 2.13. The topological polar surface area (TPSA) is 68.5 Å². The van der Waals surface area contributed by atoms with Gasteiger partial charge in [-0.3, -0.25) is 4.79 Å². The number of ether oxygens (including phenoxy) is 1. The van der Waals surface area contributed by atoms with Gasteiger partial charge in [0, 0.05) is 0 Å². The molecule has 1 heterocycles. The van der Waals surface area contributed by atoms with Crippen LogP contribution in [0.3, 0.4) is 0 Å². The van der Waals surface area contributed by atoms with E-state index in [1.165, 1.54) is 6.26 Å². The highest BCUT2D eigenvalue weighted by atomic mass is 16.6. The van der Waals surface area contributed by atoms with Crippen LogP contribution < -0.4 is 5.32 Å². The predicted molar refractivity (Wildman–Crippen MR) is 66.5 cm³/mol. The molecule has 100 valence electrons. The molecule has 0 atom stereocenters. The Morgan fingerprint density at radius 1 is 1.22 bits per heavy atom. The Kier molecular flexibility index (Phi) is 3.84. The minimum atomic E-state index is -1.08. The van der Waals surface area contributed by atoms with Gasteiger partial charge in [-0.1, -0.05) is 0 Å². The summed E-state index contributed by atoms with van der Waals surface area (Å²) in [5, 5.41) is 2.53. The summed E-state index contributed by atoms with van der Waals surface area (Å²) in [6, 6.07) is 3.18. The van der Waals surface area contributed by atoms with Gasteiger partial charge < -0.3 is 14.5 Å². The van der Waals surface area contributed by atoms with Crippen molar-refractivity contribution < 1.29 is 18.7 Å². The molecule has 1 amide bonds. The number of carbonyl (C=O) groups is 2. The third-order valence-corrected chi connectivity index (χ3v) is 2.13. The summed E-state index contributed by atoms with van der Waals surface area (Å²) in [7, 11) is 0. The van der Waals surface area contributed by atoms with Crippen LogP contribution in [-0.4, -0.2) is 23.0 Å². The Labute approximate surface area is 106 Å². The van der Waals surface area contributed by atoms with Crippen LogP contribution in [0.15, 0.2) is 22.8 Å². The lowest BCUT2D eigenvalue weighted by Crippen LogP contribution is -2.51.